The number of carbonyl (C=O) groups excluding carboxylic acids is 1. The van der Waals surface area contributed by atoms with Gasteiger partial charge in [-0.2, -0.15) is 0 Å². The number of rotatable bonds is 7. The molecule has 18 heavy (non-hydrogen) atoms. The summed E-state index contributed by atoms with van der Waals surface area (Å²) in [4.78, 5) is 13.8. The number of anilines is 2. The largest absolute Gasteiger partial charge is 0.399 e. The second-order valence-corrected chi connectivity index (χ2v) is 4.03. The summed E-state index contributed by atoms with van der Waals surface area (Å²) < 4.78 is 5.00. The van der Waals surface area contributed by atoms with Crippen LogP contribution in [-0.2, 0) is 9.53 Å². The van der Waals surface area contributed by atoms with E-state index < -0.39 is 0 Å². The fourth-order valence-corrected chi connectivity index (χ4v) is 1.54. The van der Waals surface area contributed by atoms with Crippen molar-refractivity contribution in [2.24, 2.45) is 0 Å². The van der Waals surface area contributed by atoms with Gasteiger partial charge in [0.25, 0.3) is 0 Å². The molecule has 0 fully saturated rings. The second kappa shape index (κ2) is 7.68. The molecule has 0 unspecified atom stereocenters. The van der Waals surface area contributed by atoms with Crippen molar-refractivity contribution in [2.75, 3.05) is 44.4 Å². The van der Waals surface area contributed by atoms with Crippen LogP contribution in [0.2, 0.25) is 0 Å². The summed E-state index contributed by atoms with van der Waals surface area (Å²) >= 11 is 0. The van der Waals surface area contributed by atoms with E-state index in [0.717, 1.165) is 18.8 Å². The number of carbonyl (C=O) groups is 1. The van der Waals surface area contributed by atoms with Crippen molar-refractivity contribution in [2.45, 2.75) is 6.92 Å². The van der Waals surface area contributed by atoms with Gasteiger partial charge in [-0.15, -0.1) is 0 Å². The number of ether oxygens (including phenoxy) is 1. The van der Waals surface area contributed by atoms with E-state index in [1.165, 1.54) is 0 Å². The van der Waals surface area contributed by atoms with Gasteiger partial charge in [-0.25, -0.2) is 0 Å². The summed E-state index contributed by atoms with van der Waals surface area (Å²) in [6.07, 6.45) is 0. The molecule has 3 N–H and O–H groups in total. The van der Waals surface area contributed by atoms with Crippen molar-refractivity contribution in [3.8, 4) is 0 Å². The molecule has 0 saturated carbocycles. The van der Waals surface area contributed by atoms with Crippen LogP contribution in [0.4, 0.5) is 11.4 Å². The van der Waals surface area contributed by atoms with Gasteiger partial charge in [-0.05, 0) is 30.8 Å². The predicted octanol–water partition coefficient (Wildman–Crippen LogP) is 1.18. The molecule has 0 aliphatic rings. The number of nitrogens with two attached hydrogens (primary N) is 1. The molecular weight excluding hydrogens is 230 g/mol. The van der Waals surface area contributed by atoms with Crippen LogP contribution >= 0.6 is 0 Å². The quantitative estimate of drug-likeness (QED) is 0.714. The number of amides is 1. The minimum Gasteiger partial charge on any atom is -0.399 e. The van der Waals surface area contributed by atoms with Gasteiger partial charge < -0.3 is 15.8 Å². The molecule has 5 heteroatoms. The van der Waals surface area contributed by atoms with Crippen molar-refractivity contribution in [3.05, 3.63) is 24.3 Å². The van der Waals surface area contributed by atoms with Crippen LogP contribution in [0.3, 0.4) is 0 Å². The van der Waals surface area contributed by atoms with Crippen LogP contribution in [0.15, 0.2) is 24.3 Å². The monoisotopic (exact) mass is 251 g/mol. The first kappa shape index (κ1) is 14.5. The number of hydrogen-bond acceptors (Lipinski definition) is 4. The van der Waals surface area contributed by atoms with Crippen LogP contribution in [0.25, 0.3) is 0 Å². The Morgan fingerprint density at radius 2 is 2.06 bits per heavy atom. The van der Waals surface area contributed by atoms with Gasteiger partial charge in [0.05, 0.1) is 13.2 Å². The fraction of sp³-hybridized carbons (Fsp3) is 0.462. The third-order valence-corrected chi connectivity index (χ3v) is 2.62. The van der Waals surface area contributed by atoms with Crippen LogP contribution < -0.4 is 11.1 Å². The van der Waals surface area contributed by atoms with E-state index in [1.807, 2.05) is 11.8 Å². The normalized spacial score (nSPS) is 10.6. The van der Waals surface area contributed by atoms with E-state index in [4.69, 9.17) is 10.5 Å². The SMILES string of the molecule is CCN(CCOC)CC(=O)Nc1ccc(N)cc1. The highest BCUT2D eigenvalue weighted by Gasteiger charge is 2.08. The molecule has 0 heterocycles. The number of hydrogen-bond donors (Lipinski definition) is 2. The molecule has 0 aromatic heterocycles. The first-order valence-corrected chi connectivity index (χ1v) is 6.02. The van der Waals surface area contributed by atoms with Gasteiger partial charge in [0.1, 0.15) is 0 Å². The Morgan fingerprint density at radius 3 is 2.61 bits per heavy atom. The third kappa shape index (κ3) is 5.16. The summed E-state index contributed by atoms with van der Waals surface area (Å²) in [6, 6.07) is 7.10. The smallest absolute Gasteiger partial charge is 0.238 e. The summed E-state index contributed by atoms with van der Waals surface area (Å²) in [5, 5.41) is 2.83. The lowest BCUT2D eigenvalue weighted by Crippen LogP contribution is -2.35. The summed E-state index contributed by atoms with van der Waals surface area (Å²) in [7, 11) is 1.66. The number of nitrogens with one attached hydrogen (secondary N) is 1. The van der Waals surface area contributed by atoms with E-state index in [-0.39, 0.29) is 5.91 Å². The maximum absolute atomic E-state index is 11.8. The number of nitrogen functional groups attached to an aromatic ring is 1. The standard InChI is InChI=1S/C13H21N3O2/c1-3-16(8-9-18-2)10-13(17)15-12-6-4-11(14)5-7-12/h4-7H,3,8-10,14H2,1-2H3,(H,15,17). The van der Waals surface area contributed by atoms with E-state index in [2.05, 4.69) is 5.32 Å². The lowest BCUT2D eigenvalue weighted by molar-refractivity contribution is -0.117. The summed E-state index contributed by atoms with van der Waals surface area (Å²) in [5.41, 5.74) is 7.02. The van der Waals surface area contributed by atoms with Gasteiger partial charge in [0.2, 0.25) is 5.91 Å². The molecule has 0 radical (unpaired) electrons. The summed E-state index contributed by atoms with van der Waals surface area (Å²) in [5.74, 6) is -0.0299. The minimum absolute atomic E-state index is 0.0299. The van der Waals surface area contributed by atoms with E-state index in [9.17, 15) is 4.79 Å². The van der Waals surface area contributed by atoms with Crippen LogP contribution in [0.1, 0.15) is 6.92 Å². The Bertz CT molecular complexity index is 365. The van der Waals surface area contributed by atoms with Crippen molar-refractivity contribution in [1.29, 1.82) is 0 Å². The molecule has 5 nitrogen and oxygen atoms in total. The zero-order valence-corrected chi connectivity index (χ0v) is 11.0. The molecule has 0 spiro atoms. The first-order valence-electron chi connectivity index (χ1n) is 6.02. The number of nitrogens with zero attached hydrogens (tertiary/aromatic N) is 1. The van der Waals surface area contributed by atoms with Crippen LogP contribution in [-0.4, -0.2) is 44.2 Å². The highest BCUT2D eigenvalue weighted by atomic mass is 16.5. The second-order valence-electron chi connectivity index (χ2n) is 4.03. The van der Waals surface area contributed by atoms with Gasteiger partial charge in [0.15, 0.2) is 0 Å². The molecule has 1 aromatic rings. The maximum atomic E-state index is 11.8. The third-order valence-electron chi connectivity index (χ3n) is 2.62. The Morgan fingerprint density at radius 1 is 1.39 bits per heavy atom. The number of benzene rings is 1. The molecule has 0 saturated heterocycles. The average Bonchev–Trinajstić information content (AvgIpc) is 2.37. The average molecular weight is 251 g/mol. The van der Waals surface area contributed by atoms with Gasteiger partial charge >= 0.3 is 0 Å². The van der Waals surface area contributed by atoms with Gasteiger partial charge in [-0.3, -0.25) is 9.69 Å². The molecule has 0 bridgehead atoms. The Kier molecular flexibility index (Phi) is 6.18. The Labute approximate surface area is 108 Å². The highest BCUT2D eigenvalue weighted by Crippen LogP contribution is 2.10. The Balaban J connectivity index is 2.42. The lowest BCUT2D eigenvalue weighted by Gasteiger charge is -2.19. The maximum Gasteiger partial charge on any atom is 0.238 e. The molecule has 0 aliphatic carbocycles. The van der Waals surface area contributed by atoms with Gasteiger partial charge in [-0.1, -0.05) is 6.92 Å². The molecule has 1 aromatic carbocycles. The molecule has 0 atom stereocenters. The molecule has 1 amide bonds. The van der Waals surface area contributed by atoms with Crippen molar-refractivity contribution in [3.63, 3.8) is 0 Å². The predicted molar refractivity (Wildman–Crippen MR) is 73.5 cm³/mol. The molecule has 100 valence electrons. The highest BCUT2D eigenvalue weighted by molar-refractivity contribution is 5.92. The van der Waals surface area contributed by atoms with Crippen molar-refractivity contribution >= 4 is 17.3 Å². The van der Waals surface area contributed by atoms with Crippen LogP contribution in [0, 0.1) is 0 Å². The zero-order chi connectivity index (χ0) is 13.4. The molecule has 1 rings (SSSR count). The first-order chi connectivity index (χ1) is 8.65. The minimum atomic E-state index is -0.0299. The van der Waals surface area contributed by atoms with Crippen molar-refractivity contribution < 1.29 is 9.53 Å². The van der Waals surface area contributed by atoms with E-state index >= 15 is 0 Å². The van der Waals surface area contributed by atoms with Gasteiger partial charge in [0, 0.05) is 25.0 Å². The Hall–Kier alpha value is -1.59. The zero-order valence-electron chi connectivity index (χ0n) is 11.0. The van der Waals surface area contributed by atoms with Crippen LogP contribution in [0.5, 0.6) is 0 Å². The summed E-state index contributed by atoms with van der Waals surface area (Å²) in [6.45, 7) is 4.58. The topological polar surface area (TPSA) is 67.6 Å². The van der Waals surface area contributed by atoms with E-state index in [0.29, 0.717) is 18.8 Å². The molecular formula is C13H21N3O2. The molecule has 0 aliphatic heterocycles. The lowest BCUT2D eigenvalue weighted by atomic mass is 10.3. The fourth-order valence-electron chi connectivity index (χ4n) is 1.54. The number of methoxy groups -OCH3 is 1. The van der Waals surface area contributed by atoms with E-state index in [1.54, 1.807) is 31.4 Å². The van der Waals surface area contributed by atoms with Crippen molar-refractivity contribution in [1.82, 2.24) is 4.90 Å². The number of likely N-dealkylation sites (N-methyl/N-ethyl adjacent to an activating group) is 1.